The number of carbonyl (C=O) groups is 2. The van der Waals surface area contributed by atoms with Gasteiger partial charge in [0.15, 0.2) is 0 Å². The third-order valence-electron chi connectivity index (χ3n) is 7.39. The van der Waals surface area contributed by atoms with E-state index in [-0.39, 0.29) is 25.6 Å². The zero-order chi connectivity index (χ0) is 34.6. The van der Waals surface area contributed by atoms with Gasteiger partial charge >= 0.3 is 11.9 Å². The molecule has 0 aliphatic carbocycles. The maximum Gasteiger partial charge on any atom is 0.306 e. The average Bonchev–Trinajstić information content (AvgIpc) is 3.06. The Morgan fingerprint density at radius 1 is 0.553 bits per heavy atom. The minimum absolute atomic E-state index is 0.169. The lowest BCUT2D eigenvalue weighted by Crippen LogP contribution is -2.25. The van der Waals surface area contributed by atoms with E-state index >= 15 is 0 Å². The molecule has 0 unspecified atom stereocenters. The molecular formula is C40H66O7. The molecule has 0 aromatic carbocycles. The van der Waals surface area contributed by atoms with E-state index in [9.17, 15) is 24.9 Å². The molecular weight excluding hydrogens is 592 g/mol. The maximum absolute atomic E-state index is 11.9. The first-order valence-corrected chi connectivity index (χ1v) is 18.2. The van der Waals surface area contributed by atoms with Crippen LogP contribution in [-0.4, -0.2) is 58.8 Å². The lowest BCUT2D eigenvalue weighted by Gasteiger charge is -2.12. The van der Waals surface area contributed by atoms with Gasteiger partial charge in [0.1, 0.15) is 19.3 Å². The number of esters is 2. The summed E-state index contributed by atoms with van der Waals surface area (Å²) >= 11 is 0. The van der Waals surface area contributed by atoms with Crippen molar-refractivity contribution >= 4 is 11.9 Å². The molecule has 268 valence electrons. The van der Waals surface area contributed by atoms with Gasteiger partial charge < -0.3 is 24.8 Å². The van der Waals surface area contributed by atoms with E-state index in [1.54, 1.807) is 24.3 Å². The van der Waals surface area contributed by atoms with Crippen LogP contribution in [0.3, 0.4) is 0 Å². The number of rotatable bonds is 31. The molecule has 0 aromatic heterocycles. The highest BCUT2D eigenvalue weighted by molar-refractivity contribution is 5.70. The smallest absolute Gasteiger partial charge is 0.306 e. The maximum atomic E-state index is 11.9. The summed E-state index contributed by atoms with van der Waals surface area (Å²) in [5, 5.41) is 29.8. The molecule has 0 radical (unpaired) electrons. The Balaban J connectivity index is 3.75. The molecule has 0 saturated carbocycles. The molecule has 0 aromatic rings. The van der Waals surface area contributed by atoms with Gasteiger partial charge in [-0.05, 0) is 38.5 Å². The van der Waals surface area contributed by atoms with E-state index < -0.39 is 24.3 Å². The first kappa shape index (κ1) is 44.3. The summed E-state index contributed by atoms with van der Waals surface area (Å²) in [6.45, 7) is 3.94. The largest absolute Gasteiger partial charge is 0.463 e. The molecule has 47 heavy (non-hydrogen) atoms. The van der Waals surface area contributed by atoms with Crippen molar-refractivity contribution in [3.8, 4) is 0 Å². The number of aliphatic hydroxyl groups is 3. The van der Waals surface area contributed by atoms with Crippen LogP contribution in [0.15, 0.2) is 72.9 Å². The zero-order valence-corrected chi connectivity index (χ0v) is 29.5. The molecule has 7 heteroatoms. The Morgan fingerprint density at radius 2 is 1.02 bits per heavy atom. The standard InChI is InChI=1S/C40H66O7/c1-3-5-7-8-9-10-11-12-13-14-18-26-32-39(44)46-34-38(43)35-47-40(45)33-27-19-16-15-17-23-29-37(42)31-25-21-20-24-30-36(41)28-22-6-4-2/h6,16-17,19-25,30-31,36-38,41-43H,3-5,7-15,18,26-29,32-35H2,1-2H3/b19-16-,21-20-,22-6-,23-17-,30-24+,31-25+/t36-,37+,38+/m1/s1. The predicted octanol–water partition coefficient (Wildman–Crippen LogP) is 8.94. The average molecular weight is 659 g/mol. The van der Waals surface area contributed by atoms with Crippen LogP contribution in [-0.2, 0) is 19.1 Å². The van der Waals surface area contributed by atoms with E-state index in [0.29, 0.717) is 32.1 Å². The molecule has 0 heterocycles. The second kappa shape index (κ2) is 34.6. The van der Waals surface area contributed by atoms with Crippen LogP contribution in [0.25, 0.3) is 0 Å². The van der Waals surface area contributed by atoms with Gasteiger partial charge in [0, 0.05) is 12.8 Å². The van der Waals surface area contributed by atoms with Gasteiger partial charge in [0.05, 0.1) is 12.2 Å². The Morgan fingerprint density at radius 3 is 1.55 bits per heavy atom. The number of hydrogen-bond donors (Lipinski definition) is 3. The topological polar surface area (TPSA) is 113 Å². The van der Waals surface area contributed by atoms with Crippen LogP contribution in [0.4, 0.5) is 0 Å². The van der Waals surface area contributed by atoms with Crippen molar-refractivity contribution in [1.29, 1.82) is 0 Å². The van der Waals surface area contributed by atoms with Gasteiger partial charge in [-0.25, -0.2) is 0 Å². The number of aliphatic hydroxyl groups excluding tert-OH is 3. The normalized spacial score (nSPS) is 14.4. The Bertz CT molecular complexity index is 916. The first-order chi connectivity index (χ1) is 22.9. The van der Waals surface area contributed by atoms with Crippen LogP contribution >= 0.6 is 0 Å². The fraction of sp³-hybridized carbons (Fsp3) is 0.650. The van der Waals surface area contributed by atoms with Gasteiger partial charge in [-0.15, -0.1) is 0 Å². The monoisotopic (exact) mass is 658 g/mol. The van der Waals surface area contributed by atoms with Gasteiger partial charge in [-0.2, -0.15) is 0 Å². The summed E-state index contributed by atoms with van der Waals surface area (Å²) in [6, 6.07) is 0. The van der Waals surface area contributed by atoms with Crippen molar-refractivity contribution < 1.29 is 34.4 Å². The number of unbranched alkanes of at least 4 members (excludes halogenated alkanes) is 11. The van der Waals surface area contributed by atoms with Gasteiger partial charge in [0.2, 0.25) is 0 Å². The molecule has 0 rings (SSSR count). The molecule has 0 amide bonds. The molecule has 0 aliphatic heterocycles. The van der Waals surface area contributed by atoms with Crippen molar-refractivity contribution in [2.24, 2.45) is 0 Å². The van der Waals surface area contributed by atoms with E-state index in [2.05, 4.69) is 13.8 Å². The van der Waals surface area contributed by atoms with Crippen molar-refractivity contribution in [1.82, 2.24) is 0 Å². The van der Waals surface area contributed by atoms with Crippen LogP contribution in [0, 0.1) is 0 Å². The molecule has 3 N–H and O–H groups in total. The van der Waals surface area contributed by atoms with Gasteiger partial charge in [0.25, 0.3) is 0 Å². The van der Waals surface area contributed by atoms with Crippen LogP contribution in [0.2, 0.25) is 0 Å². The highest BCUT2D eigenvalue weighted by atomic mass is 16.6. The van der Waals surface area contributed by atoms with Crippen LogP contribution in [0.5, 0.6) is 0 Å². The van der Waals surface area contributed by atoms with Crippen LogP contribution < -0.4 is 0 Å². The summed E-state index contributed by atoms with van der Waals surface area (Å²) in [6.07, 6.45) is 38.8. The number of hydrogen-bond acceptors (Lipinski definition) is 7. The first-order valence-electron chi connectivity index (χ1n) is 18.2. The minimum atomic E-state index is -1.03. The minimum Gasteiger partial charge on any atom is -0.463 e. The Labute approximate surface area is 286 Å². The summed E-state index contributed by atoms with van der Waals surface area (Å²) in [5.74, 6) is -0.733. The molecule has 0 spiro atoms. The molecule has 0 aliphatic rings. The highest BCUT2D eigenvalue weighted by Crippen LogP contribution is 2.13. The van der Waals surface area contributed by atoms with Crippen LogP contribution in [0.1, 0.15) is 136 Å². The molecule has 0 fully saturated rings. The molecule has 3 atom stereocenters. The van der Waals surface area contributed by atoms with Crippen molar-refractivity contribution in [3.05, 3.63) is 72.9 Å². The molecule has 0 saturated heterocycles. The number of ether oxygens (including phenoxy) is 2. The second-order valence-electron chi connectivity index (χ2n) is 12.0. The lowest BCUT2D eigenvalue weighted by atomic mass is 10.0. The van der Waals surface area contributed by atoms with E-state index in [0.717, 1.165) is 25.7 Å². The summed E-state index contributed by atoms with van der Waals surface area (Å²) in [4.78, 5) is 23.8. The Hall–Kier alpha value is -2.74. The number of carbonyl (C=O) groups excluding carboxylic acids is 2. The van der Waals surface area contributed by atoms with Crippen molar-refractivity contribution in [2.75, 3.05) is 13.2 Å². The van der Waals surface area contributed by atoms with Gasteiger partial charge in [-0.3, -0.25) is 9.59 Å². The quantitative estimate of drug-likeness (QED) is 0.0295. The van der Waals surface area contributed by atoms with E-state index in [1.807, 2.05) is 48.6 Å². The third-order valence-corrected chi connectivity index (χ3v) is 7.39. The highest BCUT2D eigenvalue weighted by Gasteiger charge is 2.11. The lowest BCUT2D eigenvalue weighted by molar-refractivity contribution is -0.152. The number of allylic oxidation sites excluding steroid dienone is 8. The summed E-state index contributed by atoms with van der Waals surface area (Å²) < 4.78 is 10.2. The second-order valence-corrected chi connectivity index (χ2v) is 12.0. The molecule has 0 bridgehead atoms. The summed E-state index contributed by atoms with van der Waals surface area (Å²) in [7, 11) is 0. The third kappa shape index (κ3) is 34.4. The van der Waals surface area contributed by atoms with Crippen molar-refractivity contribution in [3.63, 3.8) is 0 Å². The van der Waals surface area contributed by atoms with Crippen molar-refractivity contribution in [2.45, 2.75) is 154 Å². The SMILES string of the molecule is CC/C=C\C[C@@H](O)/C=C/C=C\C=C\[C@@H](O)C/C=C\C/C=C\CCC(=O)OC[C@@H](O)COC(=O)CCCCCCCCCCCCCC. The molecule has 7 nitrogen and oxygen atoms in total. The summed E-state index contributed by atoms with van der Waals surface area (Å²) in [5.41, 5.74) is 0. The Kier molecular flexibility index (Phi) is 32.6. The predicted molar refractivity (Wildman–Crippen MR) is 194 cm³/mol. The fourth-order valence-corrected chi connectivity index (χ4v) is 4.58. The zero-order valence-electron chi connectivity index (χ0n) is 29.5. The fourth-order valence-electron chi connectivity index (χ4n) is 4.58. The van der Waals surface area contributed by atoms with E-state index in [1.165, 1.54) is 57.8 Å². The van der Waals surface area contributed by atoms with E-state index in [4.69, 9.17) is 9.47 Å². The van der Waals surface area contributed by atoms with Gasteiger partial charge in [-0.1, -0.05) is 157 Å².